The predicted octanol–water partition coefficient (Wildman–Crippen LogP) is 2.72. The van der Waals surface area contributed by atoms with Gasteiger partial charge in [-0.3, -0.25) is 9.59 Å². The van der Waals surface area contributed by atoms with E-state index in [1.54, 1.807) is 13.8 Å². The summed E-state index contributed by atoms with van der Waals surface area (Å²) in [6.07, 6.45) is 1.01. The zero-order valence-electron chi connectivity index (χ0n) is 13.7. The number of hydrogen-bond donors (Lipinski definition) is 1. The van der Waals surface area contributed by atoms with E-state index in [1.807, 2.05) is 6.92 Å². The van der Waals surface area contributed by atoms with Crippen LogP contribution in [0.25, 0.3) is 0 Å². The van der Waals surface area contributed by atoms with Gasteiger partial charge < -0.3 is 14.5 Å². The molecular weight excluding hydrogens is 286 g/mol. The summed E-state index contributed by atoms with van der Waals surface area (Å²) in [6, 6.07) is 0. The highest BCUT2D eigenvalue weighted by molar-refractivity contribution is 6.03. The number of hydrogen-bond acceptors (Lipinski definition) is 5. The summed E-state index contributed by atoms with van der Waals surface area (Å²) in [6.45, 7) is 6.85. The van der Waals surface area contributed by atoms with Crippen LogP contribution in [0.5, 0.6) is 0 Å². The van der Waals surface area contributed by atoms with Gasteiger partial charge in [0.1, 0.15) is 0 Å². The third-order valence-corrected chi connectivity index (χ3v) is 3.49. The van der Waals surface area contributed by atoms with E-state index in [-0.39, 0.29) is 11.5 Å². The Morgan fingerprint density at radius 1 is 1.23 bits per heavy atom. The van der Waals surface area contributed by atoms with Gasteiger partial charge in [0.2, 0.25) is 5.78 Å². The van der Waals surface area contributed by atoms with E-state index in [0.29, 0.717) is 23.2 Å². The van der Waals surface area contributed by atoms with Crippen molar-refractivity contribution in [2.24, 2.45) is 0 Å². The van der Waals surface area contributed by atoms with Crippen molar-refractivity contribution in [3.8, 4) is 0 Å². The summed E-state index contributed by atoms with van der Waals surface area (Å²) in [4.78, 5) is 38.6. The van der Waals surface area contributed by atoms with Crippen molar-refractivity contribution in [3.63, 3.8) is 0 Å². The molecule has 0 aliphatic carbocycles. The van der Waals surface area contributed by atoms with Gasteiger partial charge in [-0.1, -0.05) is 13.3 Å². The molecule has 6 nitrogen and oxygen atoms in total. The summed E-state index contributed by atoms with van der Waals surface area (Å²) in [5.74, 6) is -1.25. The lowest BCUT2D eigenvalue weighted by molar-refractivity contribution is -0.146. The zero-order valence-corrected chi connectivity index (χ0v) is 13.7. The lowest BCUT2D eigenvalue weighted by Gasteiger charge is -2.12. The number of aromatic nitrogens is 1. The number of rotatable bonds is 7. The molecule has 0 aromatic carbocycles. The van der Waals surface area contributed by atoms with Crippen molar-refractivity contribution in [3.05, 3.63) is 22.5 Å². The van der Waals surface area contributed by atoms with Crippen molar-refractivity contribution in [1.29, 1.82) is 0 Å². The minimum atomic E-state index is -0.897. The zero-order chi connectivity index (χ0) is 16.9. The third kappa shape index (κ3) is 3.96. The molecule has 0 radical (unpaired) electrons. The molecule has 1 aromatic heterocycles. The average Bonchev–Trinajstić information content (AvgIpc) is 2.78. The fourth-order valence-electron chi connectivity index (χ4n) is 2.24. The number of unbranched alkanes of at least 4 members (excludes halogenated alkanes) is 1. The van der Waals surface area contributed by atoms with Gasteiger partial charge in [-0.15, -0.1) is 0 Å². The second kappa shape index (κ2) is 7.77. The second-order valence-electron chi connectivity index (χ2n) is 5.22. The normalized spacial score (nSPS) is 11.9. The Morgan fingerprint density at radius 3 is 2.41 bits per heavy atom. The third-order valence-electron chi connectivity index (χ3n) is 3.49. The molecule has 0 aliphatic heterocycles. The van der Waals surface area contributed by atoms with Crippen molar-refractivity contribution in [2.75, 3.05) is 7.11 Å². The van der Waals surface area contributed by atoms with Crippen LogP contribution in [0.3, 0.4) is 0 Å². The number of aromatic amines is 1. The van der Waals surface area contributed by atoms with Crippen LogP contribution in [0.4, 0.5) is 0 Å². The van der Waals surface area contributed by atoms with Crippen molar-refractivity contribution in [1.82, 2.24) is 4.98 Å². The highest BCUT2D eigenvalue weighted by Gasteiger charge is 2.27. The number of Topliss-reactive ketones (excluding diaryl/α,β-unsaturated/α-hetero) is 1. The van der Waals surface area contributed by atoms with E-state index < -0.39 is 18.0 Å². The van der Waals surface area contributed by atoms with E-state index >= 15 is 0 Å². The molecule has 6 heteroatoms. The van der Waals surface area contributed by atoms with Crippen LogP contribution < -0.4 is 0 Å². The fourth-order valence-corrected chi connectivity index (χ4v) is 2.24. The van der Waals surface area contributed by atoms with E-state index in [0.717, 1.165) is 12.8 Å². The van der Waals surface area contributed by atoms with E-state index in [2.05, 4.69) is 4.98 Å². The summed E-state index contributed by atoms with van der Waals surface area (Å²) in [5, 5.41) is 0. The first-order valence-electron chi connectivity index (χ1n) is 7.34. The highest BCUT2D eigenvalue weighted by atomic mass is 16.5. The van der Waals surface area contributed by atoms with Gasteiger partial charge in [-0.2, -0.15) is 0 Å². The number of ketones is 1. The molecule has 122 valence electrons. The van der Waals surface area contributed by atoms with Crippen LogP contribution in [-0.4, -0.2) is 35.9 Å². The first-order valence-corrected chi connectivity index (χ1v) is 7.34. The first-order chi connectivity index (χ1) is 10.3. The quantitative estimate of drug-likeness (QED) is 0.618. The van der Waals surface area contributed by atoms with Gasteiger partial charge in [-0.25, -0.2) is 4.79 Å². The molecule has 1 N–H and O–H groups in total. The Kier molecular flexibility index (Phi) is 6.34. The SMILES string of the molecule is CCCCC(=O)O[C@H](C)C(=O)c1[nH]c(C)c(C(=O)OC)c1C. The summed E-state index contributed by atoms with van der Waals surface area (Å²) in [7, 11) is 1.29. The van der Waals surface area contributed by atoms with Crippen LogP contribution >= 0.6 is 0 Å². The van der Waals surface area contributed by atoms with Crippen molar-refractivity contribution < 1.29 is 23.9 Å². The van der Waals surface area contributed by atoms with E-state index in [9.17, 15) is 14.4 Å². The Hall–Kier alpha value is -2.11. The standard InChI is InChI=1S/C16H23NO5/c1-6-7-8-12(18)22-11(4)15(19)14-9(2)13(10(3)17-14)16(20)21-5/h11,17H,6-8H2,1-5H3/t11-/m1/s1. The molecule has 22 heavy (non-hydrogen) atoms. The maximum absolute atomic E-state index is 12.4. The Morgan fingerprint density at radius 2 is 1.86 bits per heavy atom. The maximum Gasteiger partial charge on any atom is 0.339 e. The fraction of sp³-hybridized carbons (Fsp3) is 0.562. The van der Waals surface area contributed by atoms with Crippen LogP contribution in [0.15, 0.2) is 0 Å². The molecular formula is C16H23NO5. The average molecular weight is 309 g/mol. The number of carbonyl (C=O) groups is 3. The summed E-state index contributed by atoms with van der Waals surface area (Å²) in [5.41, 5.74) is 1.67. The van der Waals surface area contributed by atoms with Gasteiger partial charge >= 0.3 is 11.9 Å². The van der Waals surface area contributed by atoms with Gasteiger partial charge in [0.15, 0.2) is 6.10 Å². The molecule has 0 bridgehead atoms. The number of aryl methyl sites for hydroxylation is 1. The first kappa shape index (κ1) is 17.9. The number of nitrogens with one attached hydrogen (secondary N) is 1. The minimum Gasteiger partial charge on any atom is -0.465 e. The highest BCUT2D eigenvalue weighted by Crippen LogP contribution is 2.21. The topological polar surface area (TPSA) is 85.5 Å². The van der Waals surface area contributed by atoms with E-state index in [4.69, 9.17) is 9.47 Å². The molecule has 0 aliphatic rings. The lowest BCUT2D eigenvalue weighted by atomic mass is 10.1. The van der Waals surface area contributed by atoms with Crippen LogP contribution in [0.2, 0.25) is 0 Å². The predicted molar refractivity (Wildman–Crippen MR) is 81.0 cm³/mol. The maximum atomic E-state index is 12.4. The molecule has 0 saturated heterocycles. The number of esters is 2. The lowest BCUT2D eigenvalue weighted by Crippen LogP contribution is -2.25. The van der Waals surface area contributed by atoms with Crippen LogP contribution in [-0.2, 0) is 14.3 Å². The van der Waals surface area contributed by atoms with Gasteiger partial charge in [0, 0.05) is 12.1 Å². The minimum absolute atomic E-state index is 0.272. The Balaban J connectivity index is 2.90. The molecule has 0 spiro atoms. The molecule has 0 fully saturated rings. The second-order valence-corrected chi connectivity index (χ2v) is 5.22. The summed E-state index contributed by atoms with van der Waals surface area (Å²) >= 11 is 0. The molecule has 1 heterocycles. The van der Waals surface area contributed by atoms with Crippen molar-refractivity contribution >= 4 is 17.7 Å². The number of methoxy groups -OCH3 is 1. The van der Waals surface area contributed by atoms with Crippen molar-refractivity contribution in [2.45, 2.75) is 53.1 Å². The monoisotopic (exact) mass is 309 g/mol. The molecule has 1 rings (SSSR count). The molecule has 1 atom stereocenters. The molecule has 0 unspecified atom stereocenters. The van der Waals surface area contributed by atoms with Crippen LogP contribution in [0.1, 0.15) is 65.2 Å². The molecule has 0 saturated carbocycles. The van der Waals surface area contributed by atoms with E-state index in [1.165, 1.54) is 14.0 Å². The summed E-state index contributed by atoms with van der Waals surface area (Å²) < 4.78 is 9.84. The van der Waals surface area contributed by atoms with Gasteiger partial charge in [0.25, 0.3) is 0 Å². The number of H-pyrrole nitrogens is 1. The van der Waals surface area contributed by atoms with Gasteiger partial charge in [0.05, 0.1) is 18.4 Å². The largest absolute Gasteiger partial charge is 0.465 e. The Bertz CT molecular complexity index is 573. The Labute approximate surface area is 130 Å². The molecule has 1 aromatic rings. The number of carbonyl (C=O) groups excluding carboxylic acids is 3. The smallest absolute Gasteiger partial charge is 0.339 e. The molecule has 0 amide bonds. The number of ether oxygens (including phenoxy) is 2. The van der Waals surface area contributed by atoms with Gasteiger partial charge in [-0.05, 0) is 32.8 Å². The van der Waals surface area contributed by atoms with Crippen LogP contribution in [0, 0.1) is 13.8 Å².